The van der Waals surface area contributed by atoms with Gasteiger partial charge in [-0.3, -0.25) is 4.79 Å². The van der Waals surface area contributed by atoms with Crippen molar-refractivity contribution in [1.82, 2.24) is 4.90 Å². The van der Waals surface area contributed by atoms with Gasteiger partial charge in [0.25, 0.3) is 0 Å². The average Bonchev–Trinajstić information content (AvgIpc) is 3.31. The summed E-state index contributed by atoms with van der Waals surface area (Å²) in [7, 11) is 0. The molecule has 0 unspecified atom stereocenters. The van der Waals surface area contributed by atoms with Crippen molar-refractivity contribution in [3.8, 4) is 0 Å². The van der Waals surface area contributed by atoms with E-state index in [0.717, 1.165) is 19.3 Å². The average molecular weight is 275 g/mol. The third-order valence-electron chi connectivity index (χ3n) is 3.52. The van der Waals surface area contributed by atoms with E-state index in [2.05, 4.69) is 5.16 Å². The molecule has 1 aliphatic carbocycles. The number of hydrogen-bond donors (Lipinski definition) is 2. The van der Waals surface area contributed by atoms with Gasteiger partial charge in [0.15, 0.2) is 0 Å². The Morgan fingerprint density at radius 3 is 2.60 bits per heavy atom. The minimum absolute atomic E-state index is 0.155. The van der Waals surface area contributed by atoms with Gasteiger partial charge in [0.2, 0.25) is 5.91 Å². The van der Waals surface area contributed by atoms with E-state index in [9.17, 15) is 4.79 Å². The number of hydrogen-bond acceptors (Lipinski definition) is 3. The number of amides is 1. The highest BCUT2D eigenvalue weighted by Crippen LogP contribution is 2.27. The minimum atomic E-state index is 0.155. The zero-order valence-electron chi connectivity index (χ0n) is 11.5. The second-order valence-electron chi connectivity index (χ2n) is 5.15. The molecular weight excluding hydrogens is 254 g/mol. The van der Waals surface area contributed by atoms with Crippen LogP contribution in [0.15, 0.2) is 35.5 Å². The molecule has 20 heavy (non-hydrogen) atoms. The number of carbonyl (C=O) groups is 1. The number of amidine groups is 1. The van der Waals surface area contributed by atoms with Gasteiger partial charge in [0, 0.05) is 25.4 Å². The van der Waals surface area contributed by atoms with Crippen LogP contribution < -0.4 is 5.73 Å². The highest BCUT2D eigenvalue weighted by atomic mass is 16.4. The maximum atomic E-state index is 12.3. The van der Waals surface area contributed by atoms with Gasteiger partial charge in [-0.1, -0.05) is 35.5 Å². The fourth-order valence-corrected chi connectivity index (χ4v) is 2.22. The summed E-state index contributed by atoms with van der Waals surface area (Å²) in [6, 6.07) is 10.4. The summed E-state index contributed by atoms with van der Waals surface area (Å²) in [5.41, 5.74) is 6.64. The molecule has 0 spiro atoms. The van der Waals surface area contributed by atoms with Crippen LogP contribution in [0.3, 0.4) is 0 Å². The highest BCUT2D eigenvalue weighted by molar-refractivity contribution is 5.81. The number of oxime groups is 1. The van der Waals surface area contributed by atoms with E-state index in [4.69, 9.17) is 10.9 Å². The fraction of sp³-hybridized carbons (Fsp3) is 0.467. The largest absolute Gasteiger partial charge is 0.409 e. The summed E-state index contributed by atoms with van der Waals surface area (Å²) in [6.45, 7) is 0.536. The Bertz CT molecular complexity index is 469. The van der Waals surface area contributed by atoms with Gasteiger partial charge >= 0.3 is 0 Å². The summed E-state index contributed by atoms with van der Waals surface area (Å²) >= 11 is 0. The molecule has 1 fully saturated rings. The summed E-state index contributed by atoms with van der Waals surface area (Å²) in [5, 5.41) is 11.5. The van der Waals surface area contributed by atoms with Crippen LogP contribution in [0, 0.1) is 0 Å². The molecule has 5 nitrogen and oxygen atoms in total. The molecule has 1 aromatic carbocycles. The Hall–Kier alpha value is -2.04. The number of benzene rings is 1. The van der Waals surface area contributed by atoms with Gasteiger partial charge in [-0.05, 0) is 24.8 Å². The first kappa shape index (κ1) is 14.4. The van der Waals surface area contributed by atoms with Gasteiger partial charge < -0.3 is 15.8 Å². The highest BCUT2D eigenvalue weighted by Gasteiger charge is 2.31. The quantitative estimate of drug-likeness (QED) is 0.344. The summed E-state index contributed by atoms with van der Waals surface area (Å²) in [4.78, 5) is 14.2. The van der Waals surface area contributed by atoms with Crippen LogP contribution in [-0.2, 0) is 11.2 Å². The van der Waals surface area contributed by atoms with Crippen LogP contribution >= 0.6 is 0 Å². The van der Waals surface area contributed by atoms with Crippen LogP contribution in [0.5, 0.6) is 0 Å². The lowest BCUT2D eigenvalue weighted by Crippen LogP contribution is -2.36. The molecule has 1 saturated carbocycles. The monoisotopic (exact) mass is 275 g/mol. The van der Waals surface area contributed by atoms with Gasteiger partial charge in [0.05, 0.1) is 0 Å². The number of nitrogens with zero attached hydrogens (tertiary/aromatic N) is 2. The van der Waals surface area contributed by atoms with Crippen molar-refractivity contribution in [2.24, 2.45) is 10.9 Å². The van der Waals surface area contributed by atoms with Gasteiger partial charge in [-0.25, -0.2) is 0 Å². The van der Waals surface area contributed by atoms with E-state index in [-0.39, 0.29) is 11.7 Å². The first-order valence-electron chi connectivity index (χ1n) is 7.00. The van der Waals surface area contributed by atoms with Crippen molar-refractivity contribution in [2.75, 3.05) is 6.54 Å². The molecule has 1 aliphatic rings. The van der Waals surface area contributed by atoms with Crippen LogP contribution in [0.1, 0.15) is 31.2 Å². The SMILES string of the molecule is NC(CCN(C(=O)CCc1ccccc1)C1CC1)=NO. The van der Waals surface area contributed by atoms with Crippen molar-refractivity contribution >= 4 is 11.7 Å². The smallest absolute Gasteiger partial charge is 0.223 e. The lowest BCUT2D eigenvalue weighted by atomic mass is 10.1. The van der Waals surface area contributed by atoms with Crippen LogP contribution in [0.2, 0.25) is 0 Å². The van der Waals surface area contributed by atoms with E-state index in [1.165, 1.54) is 5.56 Å². The molecule has 0 atom stereocenters. The van der Waals surface area contributed by atoms with Crippen molar-refractivity contribution in [1.29, 1.82) is 0 Å². The zero-order chi connectivity index (χ0) is 14.4. The lowest BCUT2D eigenvalue weighted by Gasteiger charge is -2.22. The van der Waals surface area contributed by atoms with Crippen molar-refractivity contribution in [3.05, 3.63) is 35.9 Å². The molecule has 0 radical (unpaired) electrons. The fourth-order valence-electron chi connectivity index (χ4n) is 2.22. The molecule has 3 N–H and O–H groups in total. The van der Waals surface area contributed by atoms with E-state index in [0.29, 0.717) is 25.4 Å². The van der Waals surface area contributed by atoms with Crippen molar-refractivity contribution < 1.29 is 10.0 Å². The Morgan fingerprint density at radius 2 is 2.00 bits per heavy atom. The Balaban J connectivity index is 1.84. The van der Waals surface area contributed by atoms with E-state index < -0.39 is 0 Å². The molecule has 1 amide bonds. The normalized spacial score (nSPS) is 15.1. The van der Waals surface area contributed by atoms with Crippen LogP contribution in [0.4, 0.5) is 0 Å². The molecule has 0 bridgehead atoms. The van der Waals surface area contributed by atoms with Crippen molar-refractivity contribution in [2.45, 2.75) is 38.1 Å². The van der Waals surface area contributed by atoms with E-state index >= 15 is 0 Å². The molecule has 0 aliphatic heterocycles. The Morgan fingerprint density at radius 1 is 1.30 bits per heavy atom. The molecule has 108 valence electrons. The first-order chi connectivity index (χ1) is 9.70. The molecule has 1 aromatic rings. The standard InChI is InChI=1S/C15H21N3O2/c16-14(17-20)10-11-18(13-7-8-13)15(19)9-6-12-4-2-1-3-5-12/h1-5,13,20H,6-11H2,(H2,16,17). The summed E-state index contributed by atoms with van der Waals surface area (Å²) in [5.74, 6) is 0.327. The molecule has 0 saturated heterocycles. The van der Waals surface area contributed by atoms with Crippen LogP contribution in [-0.4, -0.2) is 34.4 Å². The number of rotatable bonds is 7. The maximum Gasteiger partial charge on any atom is 0.223 e. The molecule has 5 heteroatoms. The lowest BCUT2D eigenvalue weighted by molar-refractivity contribution is -0.131. The number of aryl methyl sites for hydroxylation is 1. The Kier molecular flexibility index (Phi) is 4.98. The second-order valence-corrected chi connectivity index (χ2v) is 5.15. The summed E-state index contributed by atoms with van der Waals surface area (Å²) in [6.07, 6.45) is 3.81. The molecular formula is C15H21N3O2. The summed E-state index contributed by atoms with van der Waals surface area (Å²) < 4.78 is 0. The van der Waals surface area contributed by atoms with E-state index in [1.807, 2.05) is 35.2 Å². The van der Waals surface area contributed by atoms with Crippen molar-refractivity contribution in [3.63, 3.8) is 0 Å². The third-order valence-corrected chi connectivity index (χ3v) is 3.52. The van der Waals surface area contributed by atoms with Gasteiger partial charge in [-0.2, -0.15) is 0 Å². The third kappa shape index (κ3) is 4.26. The first-order valence-corrected chi connectivity index (χ1v) is 7.00. The number of carbonyl (C=O) groups excluding carboxylic acids is 1. The minimum Gasteiger partial charge on any atom is -0.409 e. The van der Waals surface area contributed by atoms with E-state index in [1.54, 1.807) is 0 Å². The zero-order valence-corrected chi connectivity index (χ0v) is 11.5. The predicted molar refractivity (Wildman–Crippen MR) is 77.5 cm³/mol. The molecule has 0 aromatic heterocycles. The van der Waals surface area contributed by atoms with Gasteiger partial charge in [0.1, 0.15) is 5.84 Å². The molecule has 0 heterocycles. The van der Waals surface area contributed by atoms with Gasteiger partial charge in [-0.15, -0.1) is 0 Å². The van der Waals surface area contributed by atoms with Crippen LogP contribution in [0.25, 0.3) is 0 Å². The predicted octanol–water partition coefficient (Wildman–Crippen LogP) is 1.75. The molecule has 2 rings (SSSR count). The topological polar surface area (TPSA) is 78.9 Å². The maximum absolute atomic E-state index is 12.3. The second kappa shape index (κ2) is 6.93. The number of nitrogens with two attached hydrogens (primary N) is 1. The Labute approximate surface area is 119 Å².